The summed E-state index contributed by atoms with van der Waals surface area (Å²) in [6, 6.07) is 6.84. The topological polar surface area (TPSA) is 86.7 Å². The van der Waals surface area contributed by atoms with Gasteiger partial charge in [-0.25, -0.2) is 9.97 Å². The Balaban J connectivity index is 1.31. The number of H-pyrrole nitrogens is 1. The maximum absolute atomic E-state index is 11.0. The minimum atomic E-state index is -0.432. The fourth-order valence-corrected chi connectivity index (χ4v) is 5.77. The first-order chi connectivity index (χ1) is 15.4. The number of nitrogens with one attached hydrogen (secondary N) is 2. The van der Waals surface area contributed by atoms with Crippen LogP contribution in [0, 0.1) is 17.3 Å². The summed E-state index contributed by atoms with van der Waals surface area (Å²) in [6.07, 6.45) is 10.9. The number of hydrogen-bond acceptors (Lipinski definition) is 5. The highest BCUT2D eigenvalue weighted by Gasteiger charge is 2.33. The third kappa shape index (κ3) is 4.18. The van der Waals surface area contributed by atoms with Gasteiger partial charge in [-0.15, -0.1) is 0 Å². The Kier molecular flexibility index (Phi) is 5.76. The summed E-state index contributed by atoms with van der Waals surface area (Å²) in [5, 5.41) is 22.6. The van der Waals surface area contributed by atoms with E-state index in [4.69, 9.17) is 0 Å². The van der Waals surface area contributed by atoms with Crippen LogP contribution >= 0.6 is 0 Å². The van der Waals surface area contributed by atoms with Crippen molar-refractivity contribution in [1.29, 1.82) is 0 Å². The van der Waals surface area contributed by atoms with Gasteiger partial charge in [0.2, 0.25) is 0 Å². The lowest BCUT2D eigenvalue weighted by atomic mass is 9.69. The van der Waals surface area contributed by atoms with Crippen molar-refractivity contribution in [2.24, 2.45) is 17.3 Å². The maximum Gasteiger partial charge on any atom is 0.159 e. The van der Waals surface area contributed by atoms with Gasteiger partial charge in [-0.1, -0.05) is 32.9 Å². The van der Waals surface area contributed by atoms with Gasteiger partial charge in [0, 0.05) is 11.6 Å². The van der Waals surface area contributed by atoms with E-state index in [9.17, 15) is 5.11 Å². The largest absolute Gasteiger partial charge is 0.378 e. The molecule has 6 nitrogen and oxygen atoms in total. The molecule has 0 spiro atoms. The molecule has 2 aromatic heterocycles. The Bertz CT molecular complexity index is 1080. The lowest BCUT2D eigenvalue weighted by Gasteiger charge is -2.39. The van der Waals surface area contributed by atoms with E-state index in [1.807, 2.05) is 0 Å². The second-order valence-electron chi connectivity index (χ2n) is 10.8. The molecule has 0 bridgehead atoms. The highest BCUT2D eigenvalue weighted by Crippen LogP contribution is 2.41. The molecule has 5 rings (SSSR count). The summed E-state index contributed by atoms with van der Waals surface area (Å²) < 4.78 is 0. The summed E-state index contributed by atoms with van der Waals surface area (Å²) in [7, 11) is 0. The lowest BCUT2D eigenvalue weighted by Crippen LogP contribution is -2.42. The van der Waals surface area contributed by atoms with Crippen molar-refractivity contribution >= 4 is 11.0 Å². The van der Waals surface area contributed by atoms with Gasteiger partial charge in [0.25, 0.3) is 0 Å². The molecule has 1 fully saturated rings. The number of benzene rings is 1. The van der Waals surface area contributed by atoms with E-state index >= 15 is 0 Å². The highest BCUT2D eigenvalue weighted by atomic mass is 16.3. The molecule has 1 saturated carbocycles. The number of fused-ring (bicyclic) bond motifs is 2. The van der Waals surface area contributed by atoms with Crippen LogP contribution in [0.15, 0.2) is 30.7 Å². The van der Waals surface area contributed by atoms with Crippen LogP contribution in [0.2, 0.25) is 0 Å². The second-order valence-corrected chi connectivity index (χ2v) is 10.8. The van der Waals surface area contributed by atoms with Crippen molar-refractivity contribution < 1.29 is 5.11 Å². The number of aliphatic hydroxyl groups excluding tert-OH is 1. The average molecular weight is 434 g/mol. The van der Waals surface area contributed by atoms with Gasteiger partial charge in [0.05, 0.1) is 17.3 Å². The molecular formula is C26H35N5O. The van der Waals surface area contributed by atoms with Crippen LogP contribution in [0.3, 0.4) is 0 Å². The molecule has 0 aliphatic heterocycles. The summed E-state index contributed by atoms with van der Waals surface area (Å²) in [4.78, 5) is 8.78. The zero-order valence-electron chi connectivity index (χ0n) is 19.4. The van der Waals surface area contributed by atoms with Gasteiger partial charge < -0.3 is 5.11 Å². The van der Waals surface area contributed by atoms with Crippen molar-refractivity contribution in [3.8, 4) is 11.3 Å². The van der Waals surface area contributed by atoms with E-state index in [2.05, 4.69) is 64.5 Å². The molecule has 6 heteroatoms. The quantitative estimate of drug-likeness (QED) is 0.495. The Morgan fingerprint density at radius 1 is 1.09 bits per heavy atom. The standard InChI is InChI=1S/C26H35N5O/c1-26(2,3)19-10-7-16(8-11-19)25(32)30-22-6-4-5-17-13-18(9-12-20(17)22)23-21-14-29-31-24(21)28-15-27-23/h9,12-16,19,22,25,30,32H,4-8,10-11H2,1-3H3,(H,27,28,29,31). The fourth-order valence-electron chi connectivity index (χ4n) is 5.77. The number of aliphatic hydroxyl groups is 1. The van der Waals surface area contributed by atoms with E-state index in [-0.39, 0.29) is 6.04 Å². The minimum Gasteiger partial charge on any atom is -0.378 e. The molecule has 2 atom stereocenters. The molecule has 2 aliphatic carbocycles. The predicted octanol–water partition coefficient (Wildman–Crippen LogP) is 5.16. The van der Waals surface area contributed by atoms with Crippen LogP contribution in [0.4, 0.5) is 0 Å². The SMILES string of the molecule is CC(C)(C)C1CCC(C(O)NC2CCCc3cc(-c4ncnc5[nH]ncc45)ccc32)CC1. The maximum atomic E-state index is 11.0. The van der Waals surface area contributed by atoms with E-state index < -0.39 is 6.23 Å². The van der Waals surface area contributed by atoms with Crippen LogP contribution in [0.25, 0.3) is 22.3 Å². The van der Waals surface area contributed by atoms with Crippen LogP contribution in [0.5, 0.6) is 0 Å². The molecule has 2 unspecified atom stereocenters. The summed E-state index contributed by atoms with van der Waals surface area (Å²) in [6.45, 7) is 7.04. The smallest absolute Gasteiger partial charge is 0.159 e. The van der Waals surface area contributed by atoms with Crippen LogP contribution in [0.1, 0.15) is 76.5 Å². The lowest BCUT2D eigenvalue weighted by molar-refractivity contribution is 0.0217. The van der Waals surface area contributed by atoms with Gasteiger partial charge in [0.1, 0.15) is 12.6 Å². The fraction of sp³-hybridized carbons (Fsp3) is 0.577. The van der Waals surface area contributed by atoms with E-state index in [1.54, 1.807) is 12.5 Å². The second kappa shape index (κ2) is 8.56. The van der Waals surface area contributed by atoms with Crippen molar-refractivity contribution in [1.82, 2.24) is 25.5 Å². The average Bonchev–Trinajstić information content (AvgIpc) is 3.27. The first-order valence-corrected chi connectivity index (χ1v) is 12.1. The van der Waals surface area contributed by atoms with Crippen molar-refractivity contribution in [2.75, 3.05) is 0 Å². The molecule has 2 heterocycles. The number of rotatable bonds is 4. The number of hydrogen-bond donors (Lipinski definition) is 3. The molecular weight excluding hydrogens is 398 g/mol. The first-order valence-electron chi connectivity index (χ1n) is 12.1. The summed E-state index contributed by atoms with van der Waals surface area (Å²) in [5.74, 6) is 1.12. The number of aromatic nitrogens is 4. The van der Waals surface area contributed by atoms with Gasteiger partial charge in [-0.05, 0) is 79.4 Å². The number of aromatic amines is 1. The molecule has 0 amide bonds. The van der Waals surface area contributed by atoms with E-state index in [0.29, 0.717) is 11.3 Å². The zero-order chi connectivity index (χ0) is 22.3. The molecule has 0 saturated heterocycles. The Labute approximate surface area is 190 Å². The minimum absolute atomic E-state index is 0.211. The van der Waals surface area contributed by atoms with Crippen molar-refractivity contribution in [3.05, 3.63) is 41.9 Å². The molecule has 0 radical (unpaired) electrons. The van der Waals surface area contributed by atoms with Gasteiger partial charge >= 0.3 is 0 Å². The highest BCUT2D eigenvalue weighted by molar-refractivity contribution is 5.89. The Morgan fingerprint density at radius 2 is 1.91 bits per heavy atom. The number of nitrogens with zero attached hydrogens (tertiary/aromatic N) is 3. The Morgan fingerprint density at radius 3 is 2.69 bits per heavy atom. The molecule has 2 aliphatic rings. The molecule has 1 aromatic carbocycles. The normalized spacial score (nSPS) is 24.9. The zero-order valence-corrected chi connectivity index (χ0v) is 19.4. The molecule has 3 aromatic rings. The van der Waals surface area contributed by atoms with Gasteiger partial charge in [-0.2, -0.15) is 5.10 Å². The molecule has 32 heavy (non-hydrogen) atoms. The summed E-state index contributed by atoms with van der Waals surface area (Å²) in [5.41, 5.74) is 5.81. The third-order valence-corrected chi connectivity index (χ3v) is 7.79. The number of aryl methyl sites for hydroxylation is 1. The van der Waals surface area contributed by atoms with Crippen LogP contribution < -0.4 is 5.32 Å². The van der Waals surface area contributed by atoms with Crippen molar-refractivity contribution in [3.63, 3.8) is 0 Å². The van der Waals surface area contributed by atoms with Gasteiger partial charge in [0.15, 0.2) is 5.65 Å². The third-order valence-electron chi connectivity index (χ3n) is 7.79. The monoisotopic (exact) mass is 433 g/mol. The van der Waals surface area contributed by atoms with Crippen LogP contribution in [-0.2, 0) is 6.42 Å². The van der Waals surface area contributed by atoms with E-state index in [0.717, 1.165) is 60.3 Å². The summed E-state index contributed by atoms with van der Waals surface area (Å²) >= 11 is 0. The predicted molar refractivity (Wildman–Crippen MR) is 127 cm³/mol. The van der Waals surface area contributed by atoms with Gasteiger partial charge in [-0.3, -0.25) is 10.4 Å². The first kappa shape index (κ1) is 21.5. The Hall–Kier alpha value is -2.31. The van der Waals surface area contributed by atoms with E-state index in [1.165, 1.54) is 24.0 Å². The molecule has 170 valence electrons. The molecule has 3 N–H and O–H groups in total. The van der Waals surface area contributed by atoms with Crippen LogP contribution in [-0.4, -0.2) is 31.5 Å². The van der Waals surface area contributed by atoms with Crippen molar-refractivity contribution in [2.45, 2.75) is 78.0 Å².